The van der Waals surface area contributed by atoms with Crippen LogP contribution in [-0.2, 0) is 19.1 Å². The van der Waals surface area contributed by atoms with Crippen LogP contribution in [0.5, 0.6) is 0 Å². The maximum Gasteiger partial charge on any atom is 0.306 e. The molecule has 1 N–H and O–H groups in total. The van der Waals surface area contributed by atoms with Crippen molar-refractivity contribution in [3.05, 3.63) is 97.2 Å². The summed E-state index contributed by atoms with van der Waals surface area (Å²) in [7, 11) is 0. The molecule has 0 aliphatic heterocycles. The molecular formula is C77H136O5. The highest BCUT2D eigenvalue weighted by Crippen LogP contribution is 2.18. The van der Waals surface area contributed by atoms with E-state index in [1.54, 1.807) is 0 Å². The van der Waals surface area contributed by atoms with E-state index in [0.717, 1.165) is 83.5 Å². The third kappa shape index (κ3) is 69.3. The standard InChI is InChI=1S/C77H136O5/c1-3-5-7-9-11-13-15-17-19-21-23-25-27-29-31-33-35-37-38-40-41-43-45-47-49-51-53-55-57-59-61-63-65-67-69-71-76(79)81-74-75(73-78)82-77(80)72-70-68-66-64-62-60-58-56-54-52-50-48-46-44-42-39-36-34-32-30-28-26-24-22-20-18-16-14-12-10-8-6-4-2/h6,8,12,14-15,17-18,20-21,23-24,26,30,32,36,39,75,78H,3-5,7,9-11,13,16,19,22,25,27-29,31,33-35,37-38,40-74H2,1-2H3/b8-6-,14-12-,17-15-,20-18-,23-21-,26-24-,32-30-,39-36-. The van der Waals surface area contributed by atoms with Crippen molar-refractivity contribution in [2.24, 2.45) is 0 Å². The Balaban J connectivity index is 3.43. The number of unbranched alkanes of at least 4 members (excludes halogenated alkanes) is 42. The number of carbonyl (C=O) groups excluding carboxylic acids is 2. The van der Waals surface area contributed by atoms with Gasteiger partial charge < -0.3 is 14.6 Å². The van der Waals surface area contributed by atoms with Crippen LogP contribution in [-0.4, -0.2) is 36.4 Å². The fourth-order valence-electron chi connectivity index (χ4n) is 10.5. The Morgan fingerprint density at radius 2 is 0.524 bits per heavy atom. The van der Waals surface area contributed by atoms with Crippen molar-refractivity contribution in [1.82, 2.24) is 0 Å². The summed E-state index contributed by atoms with van der Waals surface area (Å²) < 4.78 is 10.8. The lowest BCUT2D eigenvalue weighted by atomic mass is 10.0. The molecule has 1 unspecified atom stereocenters. The molecule has 0 aliphatic carbocycles. The van der Waals surface area contributed by atoms with E-state index in [0.29, 0.717) is 12.8 Å². The van der Waals surface area contributed by atoms with Crippen molar-refractivity contribution < 1.29 is 24.2 Å². The number of rotatable bonds is 66. The highest BCUT2D eigenvalue weighted by molar-refractivity contribution is 5.70. The van der Waals surface area contributed by atoms with E-state index >= 15 is 0 Å². The molecule has 1 atom stereocenters. The third-order valence-corrected chi connectivity index (χ3v) is 15.9. The van der Waals surface area contributed by atoms with Crippen LogP contribution in [0.25, 0.3) is 0 Å². The van der Waals surface area contributed by atoms with Crippen molar-refractivity contribution in [2.75, 3.05) is 13.2 Å². The Morgan fingerprint density at radius 3 is 0.793 bits per heavy atom. The molecule has 0 aromatic rings. The molecule has 0 spiro atoms. The fourth-order valence-corrected chi connectivity index (χ4v) is 10.5. The molecule has 0 bridgehead atoms. The quantitative estimate of drug-likeness (QED) is 0.0373. The average molecular weight is 1140 g/mol. The van der Waals surface area contributed by atoms with Gasteiger partial charge in [0.2, 0.25) is 0 Å². The largest absolute Gasteiger partial charge is 0.462 e. The number of aliphatic hydroxyl groups excluding tert-OH is 1. The first-order valence-corrected chi connectivity index (χ1v) is 35.8. The van der Waals surface area contributed by atoms with Gasteiger partial charge in [0.1, 0.15) is 6.61 Å². The number of ether oxygens (including phenoxy) is 2. The van der Waals surface area contributed by atoms with Gasteiger partial charge in [-0.05, 0) is 96.3 Å². The lowest BCUT2D eigenvalue weighted by molar-refractivity contribution is -0.161. The number of hydrogen-bond donors (Lipinski definition) is 1. The zero-order valence-electron chi connectivity index (χ0n) is 54.5. The smallest absolute Gasteiger partial charge is 0.306 e. The molecule has 0 saturated heterocycles. The minimum absolute atomic E-state index is 0.0651. The van der Waals surface area contributed by atoms with Crippen molar-refractivity contribution in [2.45, 2.75) is 367 Å². The van der Waals surface area contributed by atoms with Gasteiger partial charge in [-0.25, -0.2) is 0 Å². The first-order valence-electron chi connectivity index (χ1n) is 35.8. The zero-order valence-corrected chi connectivity index (χ0v) is 54.5. The van der Waals surface area contributed by atoms with E-state index in [9.17, 15) is 14.7 Å². The van der Waals surface area contributed by atoms with E-state index in [-0.39, 0.29) is 25.2 Å². The van der Waals surface area contributed by atoms with Gasteiger partial charge >= 0.3 is 11.9 Å². The van der Waals surface area contributed by atoms with Gasteiger partial charge in [0.25, 0.3) is 0 Å². The molecule has 0 fully saturated rings. The summed E-state index contributed by atoms with van der Waals surface area (Å²) in [5.41, 5.74) is 0. The van der Waals surface area contributed by atoms with Gasteiger partial charge in [0.15, 0.2) is 6.10 Å². The predicted molar refractivity (Wildman–Crippen MR) is 362 cm³/mol. The van der Waals surface area contributed by atoms with E-state index < -0.39 is 6.10 Å². The summed E-state index contributed by atoms with van der Waals surface area (Å²) in [5.74, 6) is -0.577. The molecule has 0 amide bonds. The molecule has 5 heteroatoms. The summed E-state index contributed by atoms with van der Waals surface area (Å²) in [6, 6.07) is 0. The molecule has 0 radical (unpaired) electrons. The number of aliphatic hydroxyl groups is 1. The summed E-state index contributed by atoms with van der Waals surface area (Å²) in [6.07, 6.45) is 103. The molecule has 0 aromatic heterocycles. The summed E-state index contributed by atoms with van der Waals surface area (Å²) in [4.78, 5) is 24.7. The Labute approximate surface area is 510 Å². The van der Waals surface area contributed by atoms with Crippen LogP contribution in [0.15, 0.2) is 97.2 Å². The molecule has 0 saturated carbocycles. The Morgan fingerprint density at radius 1 is 0.293 bits per heavy atom. The van der Waals surface area contributed by atoms with Gasteiger partial charge in [-0.3, -0.25) is 9.59 Å². The van der Waals surface area contributed by atoms with Gasteiger partial charge in [0.05, 0.1) is 6.61 Å². The summed E-state index contributed by atoms with van der Waals surface area (Å²) in [6.45, 7) is 4.06. The minimum atomic E-state index is -0.777. The number of allylic oxidation sites excluding steroid dienone is 16. The lowest BCUT2D eigenvalue weighted by Crippen LogP contribution is -2.28. The van der Waals surface area contributed by atoms with Crippen molar-refractivity contribution in [1.29, 1.82) is 0 Å². The van der Waals surface area contributed by atoms with Gasteiger partial charge in [0, 0.05) is 12.8 Å². The van der Waals surface area contributed by atoms with Crippen LogP contribution >= 0.6 is 0 Å². The van der Waals surface area contributed by atoms with Gasteiger partial charge in [-0.2, -0.15) is 0 Å². The Hall–Kier alpha value is -3.18. The SMILES string of the molecule is CC/C=C\C/C=C\C/C=C\C/C=C\C/C=C\C/C=C\CCCCCCCCCCCCCCCCC(=O)OC(CO)COC(=O)CCCCCCCCCCCCCCCCCCCCCCCCC/C=C\C/C=C\CCCCCCC. The molecule has 82 heavy (non-hydrogen) atoms. The lowest BCUT2D eigenvalue weighted by Gasteiger charge is -2.15. The monoisotopic (exact) mass is 1140 g/mol. The molecule has 0 rings (SSSR count). The van der Waals surface area contributed by atoms with E-state index in [1.807, 2.05) is 0 Å². The second-order valence-corrected chi connectivity index (χ2v) is 23.9. The number of esters is 2. The topological polar surface area (TPSA) is 72.8 Å². The van der Waals surface area contributed by atoms with Crippen LogP contribution in [0.2, 0.25) is 0 Å². The van der Waals surface area contributed by atoms with Crippen LogP contribution in [0.1, 0.15) is 361 Å². The maximum atomic E-state index is 12.4. The van der Waals surface area contributed by atoms with Crippen molar-refractivity contribution in [3.8, 4) is 0 Å². The molecular weight excluding hydrogens is 1000 g/mol. The third-order valence-electron chi connectivity index (χ3n) is 15.9. The van der Waals surface area contributed by atoms with Crippen molar-refractivity contribution in [3.63, 3.8) is 0 Å². The van der Waals surface area contributed by atoms with Crippen LogP contribution < -0.4 is 0 Å². The highest BCUT2D eigenvalue weighted by Gasteiger charge is 2.16. The molecule has 0 aromatic carbocycles. The first kappa shape index (κ1) is 78.8. The Kier molecular flexibility index (Phi) is 69.3. The molecule has 0 heterocycles. The number of hydrogen-bond acceptors (Lipinski definition) is 5. The van der Waals surface area contributed by atoms with Gasteiger partial charge in [-0.1, -0.05) is 349 Å². The average Bonchev–Trinajstić information content (AvgIpc) is 3.49. The molecule has 5 nitrogen and oxygen atoms in total. The van der Waals surface area contributed by atoms with Crippen LogP contribution in [0.3, 0.4) is 0 Å². The van der Waals surface area contributed by atoms with Crippen LogP contribution in [0.4, 0.5) is 0 Å². The van der Waals surface area contributed by atoms with E-state index in [4.69, 9.17) is 9.47 Å². The zero-order chi connectivity index (χ0) is 59.1. The van der Waals surface area contributed by atoms with Gasteiger partial charge in [-0.15, -0.1) is 0 Å². The fraction of sp³-hybridized carbons (Fsp3) is 0.766. The summed E-state index contributed by atoms with van der Waals surface area (Å²) >= 11 is 0. The number of carbonyl (C=O) groups is 2. The van der Waals surface area contributed by atoms with E-state index in [2.05, 4.69) is 111 Å². The normalized spacial score (nSPS) is 12.8. The van der Waals surface area contributed by atoms with Crippen LogP contribution in [0, 0.1) is 0 Å². The van der Waals surface area contributed by atoms with E-state index in [1.165, 1.54) is 250 Å². The summed E-state index contributed by atoms with van der Waals surface area (Å²) in [5, 5.41) is 9.71. The minimum Gasteiger partial charge on any atom is -0.462 e. The second kappa shape index (κ2) is 72.1. The maximum absolute atomic E-state index is 12.4. The predicted octanol–water partition coefficient (Wildman–Crippen LogP) is 25.0. The van der Waals surface area contributed by atoms with Crippen molar-refractivity contribution >= 4 is 11.9 Å². The molecule has 0 aliphatic rings. The molecule has 474 valence electrons. The second-order valence-electron chi connectivity index (χ2n) is 23.9. The Bertz CT molecular complexity index is 1530. The first-order chi connectivity index (χ1) is 40.6. The highest BCUT2D eigenvalue weighted by atomic mass is 16.6.